The molecule has 0 aliphatic heterocycles. The van der Waals surface area contributed by atoms with E-state index in [-0.39, 0.29) is 5.88 Å². The molecular weight excluding hydrogens is 326 g/mol. The zero-order chi connectivity index (χ0) is 17.9. The molecule has 2 heterocycles. The number of nitrogens with two attached hydrogens (primary N) is 1. The number of benzene rings is 2. The second kappa shape index (κ2) is 6.68. The van der Waals surface area contributed by atoms with Crippen molar-refractivity contribution in [2.75, 3.05) is 11.1 Å². The molecule has 6 heteroatoms. The third-order valence-electron chi connectivity index (χ3n) is 4.05. The summed E-state index contributed by atoms with van der Waals surface area (Å²) in [5.74, 6) is 1.38. The van der Waals surface area contributed by atoms with E-state index in [1.54, 1.807) is 6.20 Å². The topological polar surface area (TPSA) is 86.0 Å². The molecule has 2 aromatic heterocycles. The summed E-state index contributed by atoms with van der Waals surface area (Å²) in [7, 11) is 0. The minimum Gasteiger partial charge on any atom is -0.435 e. The Bertz CT molecular complexity index is 1080. The lowest BCUT2D eigenvalue weighted by Gasteiger charge is -2.13. The van der Waals surface area contributed by atoms with Gasteiger partial charge in [-0.15, -0.1) is 0 Å². The van der Waals surface area contributed by atoms with Crippen molar-refractivity contribution in [2.45, 2.75) is 6.92 Å². The van der Waals surface area contributed by atoms with Crippen molar-refractivity contribution in [3.8, 4) is 11.6 Å². The lowest BCUT2D eigenvalue weighted by molar-refractivity contribution is 0.469. The number of hydrogen-bond acceptors (Lipinski definition) is 6. The van der Waals surface area contributed by atoms with Crippen LogP contribution in [0, 0.1) is 6.92 Å². The van der Waals surface area contributed by atoms with E-state index < -0.39 is 0 Å². The zero-order valence-corrected chi connectivity index (χ0v) is 14.2. The van der Waals surface area contributed by atoms with Crippen LogP contribution in [-0.2, 0) is 0 Å². The molecule has 0 unspecified atom stereocenters. The van der Waals surface area contributed by atoms with Crippen LogP contribution < -0.4 is 15.8 Å². The number of aromatic nitrogens is 3. The Labute approximate surface area is 150 Å². The first-order chi connectivity index (χ1) is 12.7. The molecule has 0 saturated heterocycles. The maximum Gasteiger partial charge on any atom is 0.248 e. The molecule has 2 aromatic carbocycles. The fourth-order valence-electron chi connectivity index (χ4n) is 2.66. The molecule has 0 aliphatic rings. The lowest BCUT2D eigenvalue weighted by atomic mass is 10.2. The number of para-hydroxylation sites is 2. The lowest BCUT2D eigenvalue weighted by Crippen LogP contribution is -2.04. The highest BCUT2D eigenvalue weighted by Crippen LogP contribution is 2.33. The van der Waals surface area contributed by atoms with Crippen LogP contribution in [0.2, 0.25) is 0 Å². The molecular formula is C20H17N5O. The third kappa shape index (κ3) is 3.00. The van der Waals surface area contributed by atoms with Crippen LogP contribution >= 0.6 is 0 Å². The van der Waals surface area contributed by atoms with E-state index in [1.807, 2.05) is 61.5 Å². The molecule has 4 rings (SSSR count). The molecule has 0 atom stereocenters. The van der Waals surface area contributed by atoms with E-state index >= 15 is 0 Å². The Balaban J connectivity index is 1.69. The predicted octanol–water partition coefficient (Wildman–Crippen LogP) is 4.45. The molecule has 0 saturated carbocycles. The maximum absolute atomic E-state index is 6.24. The van der Waals surface area contributed by atoms with Crippen molar-refractivity contribution < 1.29 is 4.74 Å². The molecule has 3 N–H and O–H groups in total. The first-order valence-electron chi connectivity index (χ1n) is 8.17. The largest absolute Gasteiger partial charge is 0.435 e. The SMILES string of the molecule is Cc1ccccc1Nc1ncnc(Oc2cccc3cccnc23)c1N. The molecule has 26 heavy (non-hydrogen) atoms. The first-order valence-corrected chi connectivity index (χ1v) is 8.17. The molecule has 0 bridgehead atoms. The van der Waals surface area contributed by atoms with Gasteiger partial charge < -0.3 is 15.8 Å². The van der Waals surface area contributed by atoms with Gasteiger partial charge in [0.25, 0.3) is 0 Å². The molecule has 128 valence electrons. The van der Waals surface area contributed by atoms with Gasteiger partial charge in [0.1, 0.15) is 17.5 Å². The van der Waals surface area contributed by atoms with Crippen LogP contribution in [0.5, 0.6) is 11.6 Å². The van der Waals surface area contributed by atoms with E-state index in [1.165, 1.54) is 6.33 Å². The number of anilines is 3. The fourth-order valence-corrected chi connectivity index (χ4v) is 2.66. The van der Waals surface area contributed by atoms with Gasteiger partial charge in [0.05, 0.1) is 0 Å². The number of nitrogens with one attached hydrogen (secondary N) is 1. The van der Waals surface area contributed by atoms with Crippen LogP contribution in [-0.4, -0.2) is 15.0 Å². The Morgan fingerprint density at radius 1 is 0.923 bits per heavy atom. The number of rotatable bonds is 4. The van der Waals surface area contributed by atoms with Crippen LogP contribution in [0.3, 0.4) is 0 Å². The monoisotopic (exact) mass is 343 g/mol. The van der Waals surface area contributed by atoms with Gasteiger partial charge in [-0.3, -0.25) is 4.98 Å². The van der Waals surface area contributed by atoms with Crippen molar-refractivity contribution in [1.82, 2.24) is 15.0 Å². The van der Waals surface area contributed by atoms with Gasteiger partial charge in [0.2, 0.25) is 5.88 Å². The zero-order valence-electron chi connectivity index (χ0n) is 14.2. The molecule has 0 fully saturated rings. The Morgan fingerprint density at radius 3 is 2.65 bits per heavy atom. The Hall–Kier alpha value is -3.67. The standard InChI is InChI=1S/C20H17N5O/c1-13-6-2-3-9-15(13)25-19-17(21)20(24-12-23-19)26-16-10-4-7-14-8-5-11-22-18(14)16/h2-12H,21H2,1H3,(H,23,24,25). The predicted molar refractivity (Wildman–Crippen MR) is 103 cm³/mol. The van der Waals surface area contributed by atoms with E-state index in [9.17, 15) is 0 Å². The first kappa shape index (κ1) is 15.8. The number of fused-ring (bicyclic) bond motifs is 1. The Morgan fingerprint density at radius 2 is 1.77 bits per heavy atom. The molecule has 0 spiro atoms. The van der Waals surface area contributed by atoms with Crippen molar-refractivity contribution in [3.05, 3.63) is 72.7 Å². The summed E-state index contributed by atoms with van der Waals surface area (Å²) < 4.78 is 5.95. The quantitative estimate of drug-likeness (QED) is 0.569. The fraction of sp³-hybridized carbons (Fsp3) is 0.0500. The summed E-state index contributed by atoms with van der Waals surface area (Å²) >= 11 is 0. The van der Waals surface area contributed by atoms with Crippen LogP contribution in [0.4, 0.5) is 17.2 Å². The van der Waals surface area contributed by atoms with Crippen LogP contribution in [0.15, 0.2) is 67.1 Å². The van der Waals surface area contributed by atoms with Gasteiger partial charge in [-0.05, 0) is 30.7 Å². The minimum atomic E-state index is 0.286. The number of ether oxygens (including phenoxy) is 1. The van der Waals surface area contributed by atoms with Gasteiger partial charge in [-0.1, -0.05) is 36.4 Å². The summed E-state index contributed by atoms with van der Waals surface area (Å²) in [5, 5.41) is 4.21. The van der Waals surface area contributed by atoms with Gasteiger partial charge in [0.15, 0.2) is 11.6 Å². The summed E-state index contributed by atoms with van der Waals surface area (Å²) in [5.41, 5.74) is 9.34. The number of pyridine rings is 1. The average Bonchev–Trinajstić information content (AvgIpc) is 2.67. The van der Waals surface area contributed by atoms with Crippen molar-refractivity contribution in [1.29, 1.82) is 0 Å². The second-order valence-corrected chi connectivity index (χ2v) is 5.81. The third-order valence-corrected chi connectivity index (χ3v) is 4.05. The Kier molecular flexibility index (Phi) is 4.07. The van der Waals surface area contributed by atoms with E-state index in [0.717, 1.165) is 22.2 Å². The highest BCUT2D eigenvalue weighted by Gasteiger charge is 2.13. The van der Waals surface area contributed by atoms with Gasteiger partial charge in [-0.2, -0.15) is 4.98 Å². The molecule has 0 radical (unpaired) electrons. The summed E-state index contributed by atoms with van der Waals surface area (Å²) in [6, 6.07) is 17.5. The second-order valence-electron chi connectivity index (χ2n) is 5.81. The van der Waals surface area contributed by atoms with Gasteiger partial charge >= 0.3 is 0 Å². The summed E-state index contributed by atoms with van der Waals surface area (Å²) in [4.78, 5) is 12.8. The number of hydrogen-bond donors (Lipinski definition) is 2. The van der Waals surface area contributed by atoms with Gasteiger partial charge in [0, 0.05) is 17.3 Å². The number of aryl methyl sites for hydroxylation is 1. The number of nitrogens with zero attached hydrogens (tertiary/aromatic N) is 3. The van der Waals surface area contributed by atoms with Crippen molar-refractivity contribution >= 4 is 28.1 Å². The maximum atomic E-state index is 6.24. The highest BCUT2D eigenvalue weighted by molar-refractivity contribution is 5.85. The highest BCUT2D eigenvalue weighted by atomic mass is 16.5. The summed E-state index contributed by atoms with van der Waals surface area (Å²) in [6.07, 6.45) is 3.15. The van der Waals surface area contributed by atoms with Crippen molar-refractivity contribution in [2.24, 2.45) is 0 Å². The smallest absolute Gasteiger partial charge is 0.248 e. The molecule has 0 aliphatic carbocycles. The van der Waals surface area contributed by atoms with Crippen molar-refractivity contribution in [3.63, 3.8) is 0 Å². The van der Waals surface area contributed by atoms with E-state index in [0.29, 0.717) is 17.3 Å². The van der Waals surface area contributed by atoms with Crippen LogP contribution in [0.1, 0.15) is 5.56 Å². The average molecular weight is 343 g/mol. The number of nitrogen functional groups attached to an aromatic ring is 1. The molecule has 4 aromatic rings. The van der Waals surface area contributed by atoms with Gasteiger partial charge in [-0.25, -0.2) is 4.98 Å². The van der Waals surface area contributed by atoms with Crippen LogP contribution in [0.25, 0.3) is 10.9 Å². The molecule has 0 amide bonds. The molecule has 6 nitrogen and oxygen atoms in total. The minimum absolute atomic E-state index is 0.286. The summed E-state index contributed by atoms with van der Waals surface area (Å²) in [6.45, 7) is 2.01. The normalized spacial score (nSPS) is 10.7. The van der Waals surface area contributed by atoms with E-state index in [4.69, 9.17) is 10.5 Å². The van der Waals surface area contributed by atoms with E-state index in [2.05, 4.69) is 20.3 Å².